The zero-order valence-corrected chi connectivity index (χ0v) is 15.4. The minimum Gasteiger partial charge on any atom is -0.497 e. The van der Waals surface area contributed by atoms with Crippen LogP contribution < -0.4 is 10.5 Å². The second-order valence-electron chi connectivity index (χ2n) is 6.08. The van der Waals surface area contributed by atoms with Gasteiger partial charge in [-0.15, -0.1) is 10.2 Å². The van der Waals surface area contributed by atoms with Crippen molar-refractivity contribution in [3.05, 3.63) is 66.4 Å². The topological polar surface area (TPSA) is 127 Å². The molecule has 9 nitrogen and oxygen atoms in total. The minimum absolute atomic E-state index is 0.172. The Morgan fingerprint density at radius 1 is 1.07 bits per heavy atom. The molecule has 144 valence electrons. The Bertz CT molecular complexity index is 1210. The van der Waals surface area contributed by atoms with Crippen molar-refractivity contribution in [1.29, 1.82) is 0 Å². The molecule has 0 radical (unpaired) electrons. The maximum absolute atomic E-state index is 10.9. The molecule has 0 aliphatic heterocycles. The average molecular weight is 388 g/mol. The van der Waals surface area contributed by atoms with Crippen LogP contribution in [0, 0.1) is 0 Å². The lowest BCUT2D eigenvalue weighted by Crippen LogP contribution is -1.96. The molecule has 0 aliphatic carbocycles. The predicted octanol–water partition coefficient (Wildman–Crippen LogP) is 4.10. The van der Waals surface area contributed by atoms with Gasteiger partial charge in [-0.2, -0.15) is 5.11 Å². The summed E-state index contributed by atoms with van der Waals surface area (Å²) >= 11 is 0. The number of carboxylic acids is 1. The van der Waals surface area contributed by atoms with Crippen LogP contribution in [0.5, 0.6) is 5.75 Å². The minimum atomic E-state index is -1.00. The van der Waals surface area contributed by atoms with Gasteiger partial charge in [-0.25, -0.2) is 14.3 Å². The van der Waals surface area contributed by atoms with E-state index in [9.17, 15) is 4.79 Å². The molecular weight excluding hydrogens is 372 g/mol. The van der Waals surface area contributed by atoms with Crippen LogP contribution in [0.2, 0.25) is 0 Å². The second-order valence-corrected chi connectivity index (χ2v) is 6.08. The van der Waals surface area contributed by atoms with Crippen molar-refractivity contribution in [3.8, 4) is 17.0 Å². The molecule has 0 saturated carbocycles. The maximum atomic E-state index is 10.9. The number of anilines is 1. The molecule has 0 bridgehead atoms. The molecule has 2 heterocycles. The quantitative estimate of drug-likeness (QED) is 0.495. The Morgan fingerprint density at radius 3 is 2.45 bits per heavy atom. The van der Waals surface area contributed by atoms with Crippen molar-refractivity contribution < 1.29 is 14.6 Å². The third-order valence-electron chi connectivity index (χ3n) is 4.29. The number of carboxylic acid groups (broad SMARTS) is 1. The van der Waals surface area contributed by atoms with Crippen LogP contribution in [-0.2, 0) is 0 Å². The summed E-state index contributed by atoms with van der Waals surface area (Å²) in [7, 11) is 1.61. The van der Waals surface area contributed by atoms with Gasteiger partial charge in [-0.3, -0.25) is 0 Å². The van der Waals surface area contributed by atoms with Gasteiger partial charge in [0.2, 0.25) is 0 Å². The average Bonchev–Trinajstić information content (AvgIpc) is 3.07. The van der Waals surface area contributed by atoms with Crippen LogP contribution in [0.15, 0.2) is 71.0 Å². The normalized spacial score (nSPS) is 11.2. The highest BCUT2D eigenvalue weighted by Gasteiger charge is 2.15. The number of nitrogens with two attached hydrogens (primary N) is 1. The van der Waals surface area contributed by atoms with Crippen LogP contribution in [-0.4, -0.2) is 32.8 Å². The van der Waals surface area contributed by atoms with Gasteiger partial charge in [0.05, 0.1) is 24.1 Å². The van der Waals surface area contributed by atoms with Gasteiger partial charge < -0.3 is 15.6 Å². The van der Waals surface area contributed by atoms with E-state index in [1.54, 1.807) is 30.0 Å². The van der Waals surface area contributed by atoms with Gasteiger partial charge in [-0.1, -0.05) is 0 Å². The molecule has 0 fully saturated rings. The first kappa shape index (κ1) is 18.1. The van der Waals surface area contributed by atoms with Gasteiger partial charge in [-0.05, 0) is 54.6 Å². The summed E-state index contributed by atoms with van der Waals surface area (Å²) in [6.07, 6.45) is 1.65. The lowest BCUT2D eigenvalue weighted by Gasteiger charge is -2.05. The molecule has 2 aromatic carbocycles. The standard InChI is InChI=1S/C20H16N6O3/c1-29-15-8-4-12(5-9-15)16-10-11-22-19-17(18(21)25-26(16)19)24-23-14-6-2-13(3-7-14)20(27)28/h2-11H,1H3,(H2,21,25)(H,27,28). The van der Waals surface area contributed by atoms with E-state index in [1.807, 2.05) is 30.3 Å². The summed E-state index contributed by atoms with van der Waals surface area (Å²) in [6, 6.07) is 15.4. The van der Waals surface area contributed by atoms with E-state index in [2.05, 4.69) is 20.3 Å². The molecular formula is C20H16N6O3. The van der Waals surface area contributed by atoms with Crippen LogP contribution in [0.1, 0.15) is 10.4 Å². The van der Waals surface area contributed by atoms with E-state index in [-0.39, 0.29) is 11.4 Å². The zero-order valence-electron chi connectivity index (χ0n) is 15.4. The number of carbonyl (C=O) groups is 1. The van der Waals surface area contributed by atoms with Crippen LogP contribution in [0.4, 0.5) is 17.2 Å². The molecule has 0 unspecified atom stereocenters. The van der Waals surface area contributed by atoms with E-state index in [0.29, 0.717) is 17.0 Å². The van der Waals surface area contributed by atoms with Crippen molar-refractivity contribution in [1.82, 2.24) is 14.6 Å². The van der Waals surface area contributed by atoms with E-state index < -0.39 is 5.97 Å². The fourth-order valence-corrected chi connectivity index (χ4v) is 2.80. The fourth-order valence-electron chi connectivity index (χ4n) is 2.80. The number of aromatic carboxylic acids is 1. The van der Waals surface area contributed by atoms with Crippen molar-refractivity contribution in [2.45, 2.75) is 0 Å². The highest BCUT2D eigenvalue weighted by Crippen LogP contribution is 2.31. The Hall–Kier alpha value is -4.27. The molecule has 2 aromatic heterocycles. The number of rotatable bonds is 5. The lowest BCUT2D eigenvalue weighted by molar-refractivity contribution is 0.0697. The van der Waals surface area contributed by atoms with Gasteiger partial charge in [0.1, 0.15) is 5.75 Å². The molecule has 0 spiro atoms. The van der Waals surface area contributed by atoms with Gasteiger partial charge in [0, 0.05) is 11.8 Å². The number of nitrogen functional groups attached to an aromatic ring is 1. The third kappa shape index (κ3) is 3.48. The molecule has 4 aromatic rings. The van der Waals surface area contributed by atoms with E-state index >= 15 is 0 Å². The van der Waals surface area contributed by atoms with E-state index in [4.69, 9.17) is 15.6 Å². The number of aromatic nitrogens is 3. The summed E-state index contributed by atoms with van der Waals surface area (Å²) in [4.78, 5) is 15.3. The Labute approximate surface area is 165 Å². The number of benzene rings is 2. The lowest BCUT2D eigenvalue weighted by atomic mass is 10.1. The van der Waals surface area contributed by atoms with Crippen molar-refractivity contribution in [2.75, 3.05) is 12.8 Å². The zero-order chi connectivity index (χ0) is 20.4. The number of ether oxygens (including phenoxy) is 1. The first-order chi connectivity index (χ1) is 14.1. The van der Waals surface area contributed by atoms with E-state index in [1.165, 1.54) is 12.1 Å². The molecule has 4 rings (SSSR count). The number of hydrogen-bond donors (Lipinski definition) is 2. The van der Waals surface area contributed by atoms with Crippen LogP contribution in [0.25, 0.3) is 16.9 Å². The van der Waals surface area contributed by atoms with Crippen molar-refractivity contribution >= 4 is 28.8 Å². The smallest absolute Gasteiger partial charge is 0.335 e. The van der Waals surface area contributed by atoms with Gasteiger partial charge in [0.15, 0.2) is 17.2 Å². The maximum Gasteiger partial charge on any atom is 0.335 e. The molecule has 3 N–H and O–H groups in total. The monoisotopic (exact) mass is 388 g/mol. The summed E-state index contributed by atoms with van der Waals surface area (Å²) in [5.74, 6) is -0.0672. The summed E-state index contributed by atoms with van der Waals surface area (Å²) in [5, 5.41) is 21.6. The van der Waals surface area contributed by atoms with Gasteiger partial charge in [0.25, 0.3) is 0 Å². The van der Waals surface area contributed by atoms with Crippen LogP contribution >= 0.6 is 0 Å². The highest BCUT2D eigenvalue weighted by molar-refractivity contribution is 5.87. The van der Waals surface area contributed by atoms with Crippen LogP contribution in [0.3, 0.4) is 0 Å². The molecule has 9 heteroatoms. The molecule has 0 saturated heterocycles. The van der Waals surface area contributed by atoms with Crippen molar-refractivity contribution in [2.24, 2.45) is 10.2 Å². The summed E-state index contributed by atoms with van der Waals surface area (Å²) in [6.45, 7) is 0. The Morgan fingerprint density at radius 2 is 1.79 bits per heavy atom. The third-order valence-corrected chi connectivity index (χ3v) is 4.29. The van der Waals surface area contributed by atoms with E-state index in [0.717, 1.165) is 17.0 Å². The summed E-state index contributed by atoms with van der Waals surface area (Å²) in [5.41, 5.74) is 9.20. The summed E-state index contributed by atoms with van der Waals surface area (Å²) < 4.78 is 6.81. The molecule has 0 atom stereocenters. The number of methoxy groups -OCH3 is 1. The largest absolute Gasteiger partial charge is 0.497 e. The Kier molecular flexibility index (Phi) is 4.62. The first-order valence-corrected chi connectivity index (χ1v) is 8.59. The SMILES string of the molecule is COc1ccc(-c2ccnc3c(N=Nc4ccc(C(=O)O)cc4)c(N)nn23)cc1. The Balaban J connectivity index is 1.72. The van der Waals surface area contributed by atoms with Crippen molar-refractivity contribution in [3.63, 3.8) is 0 Å². The first-order valence-electron chi connectivity index (χ1n) is 8.59. The number of azo groups is 1. The number of fused-ring (bicyclic) bond motifs is 1. The number of hydrogen-bond acceptors (Lipinski definition) is 7. The molecule has 0 aliphatic rings. The second kappa shape index (κ2) is 7.39. The fraction of sp³-hybridized carbons (Fsp3) is 0.0500. The highest BCUT2D eigenvalue weighted by atomic mass is 16.5. The number of nitrogens with zero attached hydrogens (tertiary/aromatic N) is 5. The van der Waals surface area contributed by atoms with Gasteiger partial charge >= 0.3 is 5.97 Å². The molecule has 29 heavy (non-hydrogen) atoms. The predicted molar refractivity (Wildman–Crippen MR) is 107 cm³/mol. The molecule has 0 amide bonds.